The summed E-state index contributed by atoms with van der Waals surface area (Å²) in [5.74, 6) is 1.57. The smallest absolute Gasteiger partial charge is 0.407 e. The second kappa shape index (κ2) is 8.14. The molecule has 3 atom stereocenters. The van der Waals surface area contributed by atoms with E-state index in [4.69, 9.17) is 14.7 Å². The molecule has 10 nitrogen and oxygen atoms in total. The topological polar surface area (TPSA) is 117 Å². The molecule has 10 heteroatoms. The van der Waals surface area contributed by atoms with Crippen molar-refractivity contribution in [3.63, 3.8) is 0 Å². The standard InChI is InChI=1S/C21H31N7O3/c1-12(2)17-11-22-28-18(17)25-19(23-13-5-7-31-8-6-13)26-20(28)24-14-9-15-3-4-16(10-14)27(15)21(29)30/h11-16H,3-10H2,1-2H3,(H,29,30)(H2,23,24,25,26)/t14?,15-,16+. The summed E-state index contributed by atoms with van der Waals surface area (Å²) >= 11 is 0. The van der Waals surface area contributed by atoms with Crippen LogP contribution < -0.4 is 10.6 Å². The second-order valence-corrected chi connectivity index (χ2v) is 9.28. The first-order valence-electron chi connectivity index (χ1n) is 11.4. The van der Waals surface area contributed by atoms with Crippen molar-refractivity contribution in [2.45, 2.75) is 82.5 Å². The molecular formula is C21H31N7O3. The highest BCUT2D eigenvalue weighted by molar-refractivity contribution is 5.66. The maximum Gasteiger partial charge on any atom is 0.407 e. The number of fused-ring (bicyclic) bond motifs is 3. The van der Waals surface area contributed by atoms with Gasteiger partial charge in [0.15, 0.2) is 5.65 Å². The average molecular weight is 430 g/mol. The lowest BCUT2D eigenvalue weighted by atomic mass is 9.98. The molecule has 5 rings (SSSR count). The van der Waals surface area contributed by atoms with E-state index < -0.39 is 6.09 Å². The van der Waals surface area contributed by atoms with E-state index >= 15 is 0 Å². The maximum absolute atomic E-state index is 11.6. The van der Waals surface area contributed by atoms with Gasteiger partial charge in [0.1, 0.15) is 0 Å². The van der Waals surface area contributed by atoms with Crippen LogP contribution in [0.25, 0.3) is 5.65 Å². The van der Waals surface area contributed by atoms with Gasteiger partial charge in [0.2, 0.25) is 11.9 Å². The van der Waals surface area contributed by atoms with Gasteiger partial charge in [-0.15, -0.1) is 0 Å². The Balaban J connectivity index is 1.42. The highest BCUT2D eigenvalue weighted by Gasteiger charge is 2.43. The maximum atomic E-state index is 11.6. The molecule has 0 radical (unpaired) electrons. The molecule has 0 aliphatic carbocycles. The van der Waals surface area contributed by atoms with Crippen LogP contribution in [0.4, 0.5) is 16.7 Å². The molecule has 1 unspecified atom stereocenters. The lowest BCUT2D eigenvalue weighted by Crippen LogP contribution is -2.49. The minimum Gasteiger partial charge on any atom is -0.465 e. The molecule has 168 valence electrons. The molecule has 3 aliphatic rings. The molecule has 31 heavy (non-hydrogen) atoms. The summed E-state index contributed by atoms with van der Waals surface area (Å²) in [5, 5.41) is 21.2. The zero-order chi connectivity index (χ0) is 21.5. The molecule has 0 aromatic carbocycles. The summed E-state index contributed by atoms with van der Waals surface area (Å²) in [6.45, 7) is 5.77. The van der Waals surface area contributed by atoms with E-state index in [-0.39, 0.29) is 18.1 Å². The number of nitrogens with zero attached hydrogens (tertiary/aromatic N) is 5. The van der Waals surface area contributed by atoms with Gasteiger partial charge >= 0.3 is 6.09 Å². The lowest BCUT2D eigenvalue weighted by molar-refractivity contribution is 0.0903. The molecule has 5 heterocycles. The summed E-state index contributed by atoms with van der Waals surface area (Å²) in [7, 11) is 0. The third kappa shape index (κ3) is 3.88. The number of ether oxygens (including phenoxy) is 1. The predicted molar refractivity (Wildman–Crippen MR) is 116 cm³/mol. The van der Waals surface area contributed by atoms with Crippen LogP contribution in [0.15, 0.2) is 6.20 Å². The highest BCUT2D eigenvalue weighted by atomic mass is 16.5. The second-order valence-electron chi connectivity index (χ2n) is 9.28. The van der Waals surface area contributed by atoms with Gasteiger partial charge in [0.05, 0.1) is 6.20 Å². The minimum absolute atomic E-state index is 0.0785. The van der Waals surface area contributed by atoms with E-state index in [1.165, 1.54) is 0 Å². The number of nitrogens with one attached hydrogen (secondary N) is 2. The van der Waals surface area contributed by atoms with Gasteiger partial charge in [0, 0.05) is 42.9 Å². The first kappa shape index (κ1) is 20.3. The third-order valence-electron chi connectivity index (χ3n) is 6.86. The fraction of sp³-hybridized carbons (Fsp3) is 0.714. The Morgan fingerprint density at radius 2 is 1.81 bits per heavy atom. The molecule has 3 saturated heterocycles. The fourth-order valence-corrected chi connectivity index (χ4v) is 5.27. The van der Waals surface area contributed by atoms with E-state index in [0.717, 1.165) is 62.9 Å². The molecule has 0 spiro atoms. The van der Waals surface area contributed by atoms with Crippen LogP contribution in [-0.4, -0.2) is 73.1 Å². The first-order valence-corrected chi connectivity index (χ1v) is 11.4. The number of rotatable bonds is 5. The normalized spacial score (nSPS) is 26.5. The van der Waals surface area contributed by atoms with Crippen molar-refractivity contribution in [3.8, 4) is 0 Å². The number of amides is 1. The van der Waals surface area contributed by atoms with Gasteiger partial charge < -0.3 is 25.4 Å². The van der Waals surface area contributed by atoms with Gasteiger partial charge in [-0.2, -0.15) is 19.6 Å². The molecule has 3 aliphatic heterocycles. The molecule has 2 aromatic rings. The molecular weight excluding hydrogens is 398 g/mol. The van der Waals surface area contributed by atoms with Crippen molar-refractivity contribution >= 4 is 23.6 Å². The van der Waals surface area contributed by atoms with Crippen molar-refractivity contribution < 1.29 is 14.6 Å². The zero-order valence-electron chi connectivity index (χ0n) is 18.1. The van der Waals surface area contributed by atoms with Gasteiger partial charge in [-0.1, -0.05) is 13.8 Å². The number of hydrogen-bond acceptors (Lipinski definition) is 7. The van der Waals surface area contributed by atoms with Crippen LogP contribution in [0.1, 0.15) is 63.9 Å². The summed E-state index contributed by atoms with van der Waals surface area (Å²) in [4.78, 5) is 22.8. The van der Waals surface area contributed by atoms with E-state index in [2.05, 4.69) is 29.6 Å². The summed E-state index contributed by atoms with van der Waals surface area (Å²) in [6.07, 6.45) is 6.38. The molecule has 1 amide bonds. The van der Waals surface area contributed by atoms with Crippen LogP contribution in [0.2, 0.25) is 0 Å². The predicted octanol–water partition coefficient (Wildman–Crippen LogP) is 2.92. The molecule has 2 bridgehead atoms. The average Bonchev–Trinajstić information content (AvgIpc) is 3.28. The SMILES string of the molecule is CC(C)c1cnn2c(NC3C[C@H]4CC[C@@H](C3)N4C(=O)O)nc(NC3CCOCC3)nc12. The molecule has 3 fully saturated rings. The van der Waals surface area contributed by atoms with E-state index in [1.54, 1.807) is 9.42 Å². The van der Waals surface area contributed by atoms with E-state index in [9.17, 15) is 9.90 Å². The van der Waals surface area contributed by atoms with Crippen molar-refractivity contribution in [1.82, 2.24) is 24.5 Å². The van der Waals surface area contributed by atoms with Crippen molar-refractivity contribution in [2.24, 2.45) is 0 Å². The summed E-state index contributed by atoms with van der Waals surface area (Å²) < 4.78 is 7.26. The Kier molecular flexibility index (Phi) is 5.33. The van der Waals surface area contributed by atoms with Crippen molar-refractivity contribution in [3.05, 3.63) is 11.8 Å². The van der Waals surface area contributed by atoms with Crippen LogP contribution in [0.5, 0.6) is 0 Å². The van der Waals surface area contributed by atoms with E-state index in [1.807, 2.05) is 6.20 Å². The molecule has 3 N–H and O–H groups in total. The largest absolute Gasteiger partial charge is 0.465 e. The van der Waals surface area contributed by atoms with Gasteiger partial charge in [-0.05, 0) is 44.4 Å². The number of anilines is 2. The molecule has 2 aromatic heterocycles. The number of carboxylic acid groups (broad SMARTS) is 1. The Bertz CT molecular complexity index is 942. The quantitative estimate of drug-likeness (QED) is 0.664. The zero-order valence-corrected chi connectivity index (χ0v) is 18.1. The number of piperidine rings is 1. The minimum atomic E-state index is -0.799. The van der Waals surface area contributed by atoms with E-state index in [0.29, 0.717) is 23.9 Å². The number of hydrogen-bond donors (Lipinski definition) is 3. The Hall–Kier alpha value is -2.62. The summed E-state index contributed by atoms with van der Waals surface area (Å²) in [5.41, 5.74) is 1.90. The lowest BCUT2D eigenvalue weighted by Gasteiger charge is -2.37. The Morgan fingerprint density at radius 3 is 2.45 bits per heavy atom. The van der Waals surface area contributed by atoms with Gasteiger partial charge in [-0.3, -0.25) is 0 Å². The van der Waals surface area contributed by atoms with Crippen LogP contribution in [-0.2, 0) is 4.74 Å². The Morgan fingerprint density at radius 1 is 1.10 bits per heavy atom. The monoisotopic (exact) mass is 429 g/mol. The molecule has 0 saturated carbocycles. The fourth-order valence-electron chi connectivity index (χ4n) is 5.27. The highest BCUT2D eigenvalue weighted by Crippen LogP contribution is 2.37. The van der Waals surface area contributed by atoms with Crippen LogP contribution in [0, 0.1) is 0 Å². The van der Waals surface area contributed by atoms with Crippen molar-refractivity contribution in [2.75, 3.05) is 23.8 Å². The number of aromatic nitrogens is 4. The van der Waals surface area contributed by atoms with Gasteiger partial charge in [-0.25, -0.2) is 4.79 Å². The van der Waals surface area contributed by atoms with Crippen molar-refractivity contribution in [1.29, 1.82) is 0 Å². The third-order valence-corrected chi connectivity index (χ3v) is 6.86. The number of carbonyl (C=O) groups is 1. The Labute approximate surface area is 181 Å². The van der Waals surface area contributed by atoms with Gasteiger partial charge in [0.25, 0.3) is 0 Å². The first-order chi connectivity index (χ1) is 15.0. The van der Waals surface area contributed by atoms with Crippen LogP contribution in [0.3, 0.4) is 0 Å². The summed E-state index contributed by atoms with van der Waals surface area (Å²) in [6, 6.07) is 0.613. The van der Waals surface area contributed by atoms with Crippen LogP contribution >= 0.6 is 0 Å².